The topological polar surface area (TPSA) is 70.7 Å². The van der Waals surface area contributed by atoms with E-state index in [1.54, 1.807) is 19.9 Å². The van der Waals surface area contributed by atoms with Crippen LogP contribution in [0.2, 0.25) is 0 Å². The van der Waals surface area contributed by atoms with Crippen LogP contribution in [0.25, 0.3) is 22.2 Å². The molecule has 0 spiro atoms. The molecule has 118 valence electrons. The number of H-pyrrole nitrogens is 1. The first-order valence-corrected chi connectivity index (χ1v) is 7.06. The zero-order valence-electron chi connectivity index (χ0n) is 12.5. The molecule has 0 saturated heterocycles. The molecule has 3 rings (SSSR count). The van der Waals surface area contributed by atoms with Crippen LogP contribution in [0.1, 0.15) is 13.8 Å². The fraction of sp³-hybridized carbons (Fsp3) is 0.188. The number of benzene rings is 1. The van der Waals surface area contributed by atoms with E-state index in [9.17, 15) is 13.6 Å². The number of anilines is 1. The predicted octanol–water partition coefficient (Wildman–Crippen LogP) is 3.50. The molecule has 0 saturated carbocycles. The van der Waals surface area contributed by atoms with Crippen LogP contribution in [0.3, 0.4) is 0 Å². The molecule has 1 amide bonds. The number of fused-ring (bicyclic) bond motifs is 1. The van der Waals surface area contributed by atoms with Crippen molar-refractivity contribution >= 4 is 22.6 Å². The number of halogens is 2. The second-order valence-corrected chi connectivity index (χ2v) is 5.43. The van der Waals surface area contributed by atoms with E-state index in [1.165, 1.54) is 18.3 Å². The van der Waals surface area contributed by atoms with Gasteiger partial charge in [-0.1, -0.05) is 19.9 Å². The molecule has 1 aromatic carbocycles. The molecule has 3 aromatic rings. The zero-order chi connectivity index (χ0) is 16.6. The summed E-state index contributed by atoms with van der Waals surface area (Å²) in [6, 6.07) is 5.46. The summed E-state index contributed by atoms with van der Waals surface area (Å²) < 4.78 is 27.3. The lowest BCUT2D eigenvalue weighted by atomic mass is 10.1. The van der Waals surface area contributed by atoms with Crippen LogP contribution in [0, 0.1) is 17.6 Å². The number of nitrogens with one attached hydrogen (secondary N) is 2. The van der Waals surface area contributed by atoms with E-state index in [4.69, 9.17) is 0 Å². The SMILES string of the molecule is CC(C)C(=O)Nc1n[nH]c2cnc(-c3cccc(F)c3F)cc12. The average molecular weight is 316 g/mol. The molecule has 0 bridgehead atoms. The molecule has 0 aliphatic carbocycles. The van der Waals surface area contributed by atoms with E-state index < -0.39 is 11.6 Å². The van der Waals surface area contributed by atoms with Gasteiger partial charge in [0.15, 0.2) is 17.5 Å². The second-order valence-electron chi connectivity index (χ2n) is 5.43. The molecule has 2 aromatic heterocycles. The lowest BCUT2D eigenvalue weighted by molar-refractivity contribution is -0.118. The first-order valence-electron chi connectivity index (χ1n) is 7.06. The maximum atomic E-state index is 13.9. The van der Waals surface area contributed by atoms with Gasteiger partial charge in [0.05, 0.1) is 17.4 Å². The first-order chi connectivity index (χ1) is 11.0. The number of pyridine rings is 1. The quantitative estimate of drug-likeness (QED) is 0.777. The van der Waals surface area contributed by atoms with E-state index in [1.807, 2.05) is 0 Å². The van der Waals surface area contributed by atoms with Crippen LogP contribution in [0.4, 0.5) is 14.6 Å². The van der Waals surface area contributed by atoms with Gasteiger partial charge in [-0.25, -0.2) is 8.78 Å². The standard InChI is InChI=1S/C16H14F2N4O/c1-8(2)16(23)20-15-10-6-12(19-7-13(10)21-22-15)9-4-3-5-11(17)14(9)18/h3-8H,1-2H3,(H2,20,21,22,23). The summed E-state index contributed by atoms with van der Waals surface area (Å²) in [6.07, 6.45) is 1.47. The van der Waals surface area contributed by atoms with Crippen molar-refractivity contribution in [2.45, 2.75) is 13.8 Å². The van der Waals surface area contributed by atoms with Crippen molar-refractivity contribution in [3.63, 3.8) is 0 Å². The number of rotatable bonds is 3. The Morgan fingerprint density at radius 2 is 2.09 bits per heavy atom. The van der Waals surface area contributed by atoms with Crippen molar-refractivity contribution in [1.29, 1.82) is 0 Å². The lowest BCUT2D eigenvalue weighted by Gasteiger charge is -2.06. The molecule has 2 N–H and O–H groups in total. The van der Waals surface area contributed by atoms with Gasteiger partial charge in [-0.05, 0) is 18.2 Å². The van der Waals surface area contributed by atoms with Gasteiger partial charge in [0.25, 0.3) is 0 Å². The van der Waals surface area contributed by atoms with Gasteiger partial charge in [-0.15, -0.1) is 0 Å². The van der Waals surface area contributed by atoms with Gasteiger partial charge in [0.1, 0.15) is 0 Å². The Labute approximate surface area is 130 Å². The summed E-state index contributed by atoms with van der Waals surface area (Å²) in [5, 5.41) is 10.0. The van der Waals surface area contributed by atoms with E-state index in [2.05, 4.69) is 20.5 Å². The fourth-order valence-corrected chi connectivity index (χ4v) is 2.12. The average Bonchev–Trinajstić information content (AvgIpc) is 2.92. The van der Waals surface area contributed by atoms with Crippen LogP contribution in [-0.2, 0) is 4.79 Å². The van der Waals surface area contributed by atoms with Gasteiger partial charge in [-0.3, -0.25) is 14.9 Å². The predicted molar refractivity (Wildman–Crippen MR) is 82.7 cm³/mol. The maximum Gasteiger partial charge on any atom is 0.228 e. The molecule has 0 radical (unpaired) electrons. The normalized spacial score (nSPS) is 11.2. The largest absolute Gasteiger partial charge is 0.308 e. The van der Waals surface area contributed by atoms with Crippen molar-refractivity contribution in [1.82, 2.24) is 15.2 Å². The summed E-state index contributed by atoms with van der Waals surface area (Å²) in [4.78, 5) is 15.9. The molecule has 0 atom stereocenters. The molecule has 0 fully saturated rings. The van der Waals surface area contributed by atoms with E-state index in [-0.39, 0.29) is 23.1 Å². The number of hydrogen-bond acceptors (Lipinski definition) is 3. The molecule has 5 nitrogen and oxygen atoms in total. The molecule has 0 unspecified atom stereocenters. The Balaban J connectivity index is 2.07. The minimum absolute atomic E-state index is 0.0502. The summed E-state index contributed by atoms with van der Waals surface area (Å²) in [5.41, 5.74) is 0.898. The van der Waals surface area contributed by atoms with E-state index >= 15 is 0 Å². The molecular weight excluding hydrogens is 302 g/mol. The highest BCUT2D eigenvalue weighted by molar-refractivity contribution is 6.00. The number of nitrogens with zero attached hydrogens (tertiary/aromatic N) is 2. The van der Waals surface area contributed by atoms with Gasteiger partial charge in [0.2, 0.25) is 5.91 Å². The number of carbonyl (C=O) groups is 1. The van der Waals surface area contributed by atoms with Gasteiger partial charge in [-0.2, -0.15) is 5.10 Å². The highest BCUT2D eigenvalue weighted by atomic mass is 19.2. The minimum Gasteiger partial charge on any atom is -0.308 e. The number of aromatic amines is 1. The van der Waals surface area contributed by atoms with Gasteiger partial charge >= 0.3 is 0 Å². The fourth-order valence-electron chi connectivity index (χ4n) is 2.12. The molecule has 7 heteroatoms. The molecule has 23 heavy (non-hydrogen) atoms. The third kappa shape index (κ3) is 2.77. The zero-order valence-corrected chi connectivity index (χ0v) is 12.5. The summed E-state index contributed by atoms with van der Waals surface area (Å²) >= 11 is 0. The van der Waals surface area contributed by atoms with Crippen molar-refractivity contribution in [3.05, 3.63) is 42.1 Å². The smallest absolute Gasteiger partial charge is 0.228 e. The number of aromatic nitrogens is 3. The van der Waals surface area contributed by atoms with Gasteiger partial charge < -0.3 is 5.32 Å². The second kappa shape index (κ2) is 5.75. The Hall–Kier alpha value is -2.83. The van der Waals surface area contributed by atoms with Crippen LogP contribution in [-0.4, -0.2) is 21.1 Å². The summed E-state index contributed by atoms with van der Waals surface area (Å²) in [5.74, 6) is -1.96. The van der Waals surface area contributed by atoms with Crippen LogP contribution in [0.5, 0.6) is 0 Å². The third-order valence-electron chi connectivity index (χ3n) is 3.44. The van der Waals surface area contributed by atoms with Crippen molar-refractivity contribution in [2.24, 2.45) is 5.92 Å². The van der Waals surface area contributed by atoms with Crippen molar-refractivity contribution in [2.75, 3.05) is 5.32 Å². The highest BCUT2D eigenvalue weighted by Gasteiger charge is 2.15. The van der Waals surface area contributed by atoms with Crippen LogP contribution >= 0.6 is 0 Å². The van der Waals surface area contributed by atoms with Crippen molar-refractivity contribution in [3.8, 4) is 11.3 Å². The Bertz CT molecular complexity index is 889. The molecular formula is C16H14F2N4O. The monoisotopic (exact) mass is 316 g/mol. The van der Waals surface area contributed by atoms with E-state index in [0.29, 0.717) is 16.7 Å². The number of hydrogen-bond donors (Lipinski definition) is 2. The number of carbonyl (C=O) groups excluding carboxylic acids is 1. The summed E-state index contributed by atoms with van der Waals surface area (Å²) in [7, 11) is 0. The Morgan fingerprint density at radius 3 is 2.83 bits per heavy atom. The molecule has 0 aliphatic heterocycles. The Kier molecular flexibility index (Phi) is 3.77. The highest BCUT2D eigenvalue weighted by Crippen LogP contribution is 2.28. The lowest BCUT2D eigenvalue weighted by Crippen LogP contribution is -2.18. The third-order valence-corrected chi connectivity index (χ3v) is 3.44. The van der Waals surface area contributed by atoms with Crippen molar-refractivity contribution < 1.29 is 13.6 Å². The first kappa shape index (κ1) is 15.1. The number of amides is 1. The minimum atomic E-state index is -0.962. The molecule has 0 aliphatic rings. The maximum absolute atomic E-state index is 13.9. The Morgan fingerprint density at radius 1 is 1.30 bits per heavy atom. The van der Waals surface area contributed by atoms with Gasteiger partial charge in [0, 0.05) is 16.9 Å². The summed E-state index contributed by atoms with van der Waals surface area (Å²) in [6.45, 7) is 3.53. The van der Waals surface area contributed by atoms with E-state index in [0.717, 1.165) is 6.07 Å². The van der Waals surface area contributed by atoms with Crippen LogP contribution < -0.4 is 5.32 Å². The van der Waals surface area contributed by atoms with Crippen LogP contribution in [0.15, 0.2) is 30.5 Å². The molecule has 2 heterocycles.